The van der Waals surface area contributed by atoms with E-state index in [9.17, 15) is 9.59 Å². The maximum Gasteiger partial charge on any atom is 0.311 e. The number of aryl methyl sites for hydroxylation is 1. The fourth-order valence-electron chi connectivity index (χ4n) is 3.47. The van der Waals surface area contributed by atoms with Crippen LogP contribution in [-0.4, -0.2) is 11.9 Å². The molecule has 0 N–H and O–H groups in total. The molecular weight excluding hydrogens is 388 g/mol. The molecule has 0 amide bonds. The second-order valence-corrected chi connectivity index (χ2v) is 9.65. The number of carbonyl (C=O) groups excluding carboxylic acids is 2. The van der Waals surface area contributed by atoms with Crippen molar-refractivity contribution in [2.24, 2.45) is 0 Å². The largest absolute Gasteiger partial charge is 0.422 e. The van der Waals surface area contributed by atoms with Gasteiger partial charge in [0.25, 0.3) is 0 Å². The molecule has 0 radical (unpaired) electrons. The fourth-order valence-corrected chi connectivity index (χ4v) is 3.47. The lowest BCUT2D eigenvalue weighted by atomic mass is 9.86. The Morgan fingerprint density at radius 1 is 0.742 bits per heavy atom. The number of carbonyl (C=O) groups is 2. The smallest absolute Gasteiger partial charge is 0.311 e. The van der Waals surface area contributed by atoms with E-state index in [1.54, 1.807) is 0 Å². The molecule has 1 rings (SSSR count). The molecule has 0 heterocycles. The summed E-state index contributed by atoms with van der Waals surface area (Å²) in [6.07, 6.45) is 11.5. The number of esters is 2. The Bertz CT molecular complexity index is 685. The van der Waals surface area contributed by atoms with Crippen LogP contribution in [0.25, 0.3) is 0 Å². The first-order valence-corrected chi connectivity index (χ1v) is 12.3. The quantitative estimate of drug-likeness (QED) is 0.171. The van der Waals surface area contributed by atoms with Crippen LogP contribution in [0.15, 0.2) is 12.1 Å². The lowest BCUT2D eigenvalue weighted by molar-refractivity contribution is -0.137. The van der Waals surface area contributed by atoms with Gasteiger partial charge in [0.2, 0.25) is 0 Å². The Morgan fingerprint density at radius 3 is 1.71 bits per heavy atom. The fraction of sp³-hybridized carbons (Fsp3) is 0.704. The van der Waals surface area contributed by atoms with Crippen molar-refractivity contribution in [2.45, 2.75) is 124 Å². The topological polar surface area (TPSA) is 52.6 Å². The highest BCUT2D eigenvalue weighted by atomic mass is 16.6. The minimum absolute atomic E-state index is 0.103. The molecule has 0 aliphatic heterocycles. The van der Waals surface area contributed by atoms with Crippen LogP contribution in [0.3, 0.4) is 0 Å². The van der Waals surface area contributed by atoms with Gasteiger partial charge in [-0.15, -0.1) is 0 Å². The first-order chi connectivity index (χ1) is 14.7. The molecule has 1 aromatic rings. The van der Waals surface area contributed by atoms with Gasteiger partial charge in [-0.05, 0) is 42.4 Å². The van der Waals surface area contributed by atoms with E-state index in [1.165, 1.54) is 25.7 Å². The second-order valence-electron chi connectivity index (χ2n) is 9.65. The Kier molecular flexibility index (Phi) is 12.5. The van der Waals surface area contributed by atoms with Gasteiger partial charge in [-0.25, -0.2) is 0 Å². The molecule has 0 aromatic heterocycles. The average molecular weight is 433 g/mol. The van der Waals surface area contributed by atoms with Gasteiger partial charge in [-0.3, -0.25) is 9.59 Å². The van der Waals surface area contributed by atoms with Crippen LogP contribution in [0.5, 0.6) is 11.5 Å². The van der Waals surface area contributed by atoms with Crippen molar-refractivity contribution in [1.82, 2.24) is 0 Å². The summed E-state index contributed by atoms with van der Waals surface area (Å²) in [5.74, 6) is 0.215. The molecule has 0 atom stereocenters. The van der Waals surface area contributed by atoms with E-state index in [4.69, 9.17) is 9.47 Å². The standard InChI is InChI=1S/C27H44O4/c1-7-9-11-13-15-17-24(28)30-23-20-22(27(4,5)6)19-21(3)26(23)31-25(29)18-16-14-12-10-8-2/h19-20H,7-18H2,1-6H3. The normalized spacial score (nSPS) is 11.4. The van der Waals surface area contributed by atoms with Gasteiger partial charge in [0, 0.05) is 12.8 Å². The molecule has 0 aliphatic carbocycles. The van der Waals surface area contributed by atoms with E-state index in [-0.39, 0.29) is 17.4 Å². The Morgan fingerprint density at radius 2 is 1.23 bits per heavy atom. The molecule has 31 heavy (non-hydrogen) atoms. The zero-order valence-electron chi connectivity index (χ0n) is 20.8. The predicted molar refractivity (Wildman–Crippen MR) is 128 cm³/mol. The highest BCUT2D eigenvalue weighted by Gasteiger charge is 2.22. The predicted octanol–water partition coefficient (Wildman–Crippen LogP) is 7.82. The van der Waals surface area contributed by atoms with Crippen LogP contribution >= 0.6 is 0 Å². The molecule has 0 aliphatic rings. The van der Waals surface area contributed by atoms with E-state index < -0.39 is 0 Å². The summed E-state index contributed by atoms with van der Waals surface area (Å²) in [4.78, 5) is 24.9. The van der Waals surface area contributed by atoms with Crippen LogP contribution in [0.2, 0.25) is 0 Å². The molecule has 0 spiro atoms. The van der Waals surface area contributed by atoms with E-state index >= 15 is 0 Å². The van der Waals surface area contributed by atoms with E-state index in [0.717, 1.165) is 49.7 Å². The summed E-state index contributed by atoms with van der Waals surface area (Å²) in [5, 5.41) is 0. The van der Waals surface area contributed by atoms with Crippen LogP contribution in [0.1, 0.15) is 123 Å². The average Bonchev–Trinajstić information content (AvgIpc) is 2.69. The van der Waals surface area contributed by atoms with Crippen molar-refractivity contribution < 1.29 is 19.1 Å². The number of rotatable bonds is 14. The molecule has 0 bridgehead atoms. The molecule has 0 fully saturated rings. The number of hydrogen-bond acceptors (Lipinski definition) is 4. The Hall–Kier alpha value is -1.84. The van der Waals surface area contributed by atoms with Gasteiger partial charge < -0.3 is 9.47 Å². The summed E-state index contributed by atoms with van der Waals surface area (Å²) >= 11 is 0. The molecular formula is C27H44O4. The molecule has 0 saturated carbocycles. The third-order valence-corrected chi connectivity index (χ3v) is 5.52. The number of ether oxygens (including phenoxy) is 2. The second kappa shape index (κ2) is 14.3. The van der Waals surface area contributed by atoms with Crippen LogP contribution < -0.4 is 9.47 Å². The first kappa shape index (κ1) is 27.2. The van der Waals surface area contributed by atoms with Gasteiger partial charge in [0.1, 0.15) is 0 Å². The van der Waals surface area contributed by atoms with Crippen molar-refractivity contribution in [1.29, 1.82) is 0 Å². The number of unbranched alkanes of at least 4 members (excludes halogenated alkanes) is 8. The highest BCUT2D eigenvalue weighted by Crippen LogP contribution is 2.37. The SMILES string of the molecule is CCCCCCCC(=O)Oc1cc(C(C)(C)C)cc(C)c1OC(=O)CCCCCCC. The molecule has 176 valence electrons. The van der Waals surface area contributed by atoms with Crippen molar-refractivity contribution in [3.05, 3.63) is 23.3 Å². The number of hydrogen-bond donors (Lipinski definition) is 0. The monoisotopic (exact) mass is 432 g/mol. The maximum atomic E-state index is 12.5. The molecule has 1 aromatic carbocycles. The molecule has 4 heteroatoms. The van der Waals surface area contributed by atoms with E-state index in [0.29, 0.717) is 24.3 Å². The number of benzene rings is 1. The molecule has 4 nitrogen and oxygen atoms in total. The minimum atomic E-state index is -0.265. The van der Waals surface area contributed by atoms with Gasteiger partial charge in [-0.2, -0.15) is 0 Å². The third kappa shape index (κ3) is 10.8. The van der Waals surface area contributed by atoms with Crippen LogP contribution in [-0.2, 0) is 15.0 Å². The maximum absolute atomic E-state index is 12.5. The Balaban J connectivity index is 2.85. The van der Waals surface area contributed by atoms with Crippen molar-refractivity contribution in [3.63, 3.8) is 0 Å². The van der Waals surface area contributed by atoms with Gasteiger partial charge in [0.15, 0.2) is 11.5 Å². The third-order valence-electron chi connectivity index (χ3n) is 5.52. The Labute approximate surface area is 190 Å². The van der Waals surface area contributed by atoms with Gasteiger partial charge >= 0.3 is 11.9 Å². The van der Waals surface area contributed by atoms with E-state index in [1.807, 2.05) is 19.1 Å². The minimum Gasteiger partial charge on any atom is -0.422 e. The zero-order valence-corrected chi connectivity index (χ0v) is 20.8. The van der Waals surface area contributed by atoms with Gasteiger partial charge in [0.05, 0.1) is 0 Å². The lowest BCUT2D eigenvalue weighted by Gasteiger charge is -2.22. The van der Waals surface area contributed by atoms with Crippen molar-refractivity contribution in [3.8, 4) is 11.5 Å². The molecule has 0 saturated heterocycles. The zero-order chi connectivity index (χ0) is 23.3. The summed E-state index contributed by atoms with van der Waals surface area (Å²) in [6, 6.07) is 3.87. The van der Waals surface area contributed by atoms with Gasteiger partial charge in [-0.1, -0.05) is 92.1 Å². The lowest BCUT2D eigenvalue weighted by Crippen LogP contribution is -2.16. The van der Waals surface area contributed by atoms with Crippen molar-refractivity contribution in [2.75, 3.05) is 0 Å². The highest BCUT2D eigenvalue weighted by molar-refractivity contribution is 5.77. The van der Waals surface area contributed by atoms with E-state index in [2.05, 4.69) is 34.6 Å². The summed E-state index contributed by atoms with van der Waals surface area (Å²) in [6.45, 7) is 12.6. The molecule has 0 unspecified atom stereocenters. The summed E-state index contributed by atoms with van der Waals surface area (Å²) in [7, 11) is 0. The van der Waals surface area contributed by atoms with Crippen molar-refractivity contribution >= 4 is 11.9 Å². The van der Waals surface area contributed by atoms with Crippen LogP contribution in [0, 0.1) is 6.92 Å². The van der Waals surface area contributed by atoms with Crippen LogP contribution in [0.4, 0.5) is 0 Å². The summed E-state index contributed by atoms with van der Waals surface area (Å²) < 4.78 is 11.4. The summed E-state index contributed by atoms with van der Waals surface area (Å²) in [5.41, 5.74) is 1.76. The first-order valence-electron chi connectivity index (χ1n) is 12.3.